The van der Waals surface area contributed by atoms with Crippen molar-refractivity contribution in [1.82, 2.24) is 0 Å². The Morgan fingerprint density at radius 3 is 2.61 bits per heavy atom. The van der Waals surface area contributed by atoms with Gasteiger partial charge in [-0.2, -0.15) is 0 Å². The van der Waals surface area contributed by atoms with E-state index in [4.69, 9.17) is 0 Å². The fourth-order valence-corrected chi connectivity index (χ4v) is 4.32. The Morgan fingerprint density at radius 2 is 1.82 bits per heavy atom. The van der Waals surface area contributed by atoms with Crippen LogP contribution < -0.4 is 4.90 Å². The number of rotatable bonds is 4. The molecule has 3 aromatic rings. The van der Waals surface area contributed by atoms with E-state index < -0.39 is 4.92 Å². The van der Waals surface area contributed by atoms with E-state index in [2.05, 4.69) is 54.5 Å². The van der Waals surface area contributed by atoms with Crippen LogP contribution in [0.3, 0.4) is 0 Å². The maximum absolute atomic E-state index is 10.7. The second-order valence-corrected chi connectivity index (χ2v) is 7.44. The minimum absolute atomic E-state index is 0.0654. The van der Waals surface area contributed by atoms with Crippen molar-refractivity contribution in [1.29, 1.82) is 0 Å². The lowest BCUT2D eigenvalue weighted by molar-refractivity contribution is -0.754. The molecule has 4 rings (SSSR count). The number of hydrogen-bond donors (Lipinski definition) is 1. The van der Waals surface area contributed by atoms with Crippen molar-refractivity contribution in [3.05, 3.63) is 94.0 Å². The quantitative estimate of drug-likeness (QED) is 0.397. The molecule has 1 N–H and O–H groups in total. The molecule has 0 aliphatic carbocycles. The van der Waals surface area contributed by atoms with Gasteiger partial charge < -0.3 is 0 Å². The number of fused-ring (bicyclic) bond motifs is 3. The molecule has 1 unspecified atom stereocenters. The van der Waals surface area contributed by atoms with Crippen molar-refractivity contribution in [3.8, 4) is 0 Å². The summed E-state index contributed by atoms with van der Waals surface area (Å²) in [7, 11) is 2.16. The van der Waals surface area contributed by atoms with E-state index in [1.807, 2.05) is 12.2 Å². The Balaban J connectivity index is 1.47. The molecular weight excluding hydrogens is 370 g/mol. The van der Waals surface area contributed by atoms with Crippen molar-refractivity contribution in [2.24, 2.45) is 4.99 Å². The van der Waals surface area contributed by atoms with Crippen molar-refractivity contribution in [2.45, 2.75) is 4.90 Å². The molecule has 1 aliphatic rings. The fourth-order valence-electron chi connectivity index (χ4n) is 3.18. The first-order valence-electron chi connectivity index (χ1n) is 8.83. The predicted molar refractivity (Wildman–Crippen MR) is 115 cm³/mol. The lowest BCUT2D eigenvalue weighted by atomic mass is 10.1. The Morgan fingerprint density at radius 1 is 1.04 bits per heavy atom. The largest absolute Gasteiger partial charge is 0.269 e. The minimum Gasteiger partial charge on any atom is -0.265 e. The topological polar surface area (TPSA) is 59.9 Å². The molecule has 5 nitrogen and oxygen atoms in total. The highest BCUT2D eigenvalue weighted by Crippen LogP contribution is 2.39. The second kappa shape index (κ2) is 7.80. The fraction of sp³-hybridized carbons (Fsp3) is 0.0455. The van der Waals surface area contributed by atoms with E-state index in [0.717, 1.165) is 0 Å². The van der Waals surface area contributed by atoms with Gasteiger partial charge in [0, 0.05) is 29.8 Å². The number of nitrogens with one attached hydrogen (secondary N) is 1. The normalized spacial score (nSPS) is 17.8. The number of hydrogen-bond acceptors (Lipinski definition) is 4. The summed E-state index contributed by atoms with van der Waals surface area (Å²) < 4.78 is 0. The molecule has 0 bridgehead atoms. The maximum atomic E-state index is 10.7. The summed E-state index contributed by atoms with van der Waals surface area (Å²) in [5.74, 6) is 0. The van der Waals surface area contributed by atoms with Crippen LogP contribution in [0.1, 0.15) is 0 Å². The van der Waals surface area contributed by atoms with E-state index in [1.54, 1.807) is 30.1 Å². The highest BCUT2D eigenvalue weighted by Gasteiger charge is 2.29. The van der Waals surface area contributed by atoms with Crippen LogP contribution in [-0.2, 0) is 0 Å². The predicted octanol–water partition coefficient (Wildman–Crippen LogP) is 4.80. The van der Waals surface area contributed by atoms with Crippen molar-refractivity contribution in [3.63, 3.8) is 0 Å². The van der Waals surface area contributed by atoms with Crippen LogP contribution in [0.2, 0.25) is 0 Å². The summed E-state index contributed by atoms with van der Waals surface area (Å²) in [6.45, 7) is 0. The number of nitrogens with zero attached hydrogens (tertiary/aromatic N) is 2. The first-order valence-corrected chi connectivity index (χ1v) is 9.64. The zero-order valence-corrected chi connectivity index (χ0v) is 16.0. The molecular formula is C22H18N3O2S+. The summed E-state index contributed by atoms with van der Waals surface area (Å²) >= 11 is 1.78. The summed E-state index contributed by atoms with van der Waals surface area (Å²) in [4.78, 5) is 17.1. The number of thioether (sulfide) groups is 1. The molecule has 3 aromatic carbocycles. The van der Waals surface area contributed by atoms with Crippen LogP contribution in [0, 0.1) is 10.1 Å². The highest BCUT2D eigenvalue weighted by molar-refractivity contribution is 8.03. The van der Waals surface area contributed by atoms with Crippen LogP contribution in [0.15, 0.2) is 93.8 Å². The second-order valence-electron chi connectivity index (χ2n) is 6.35. The van der Waals surface area contributed by atoms with Crippen LogP contribution in [0.4, 0.5) is 17.1 Å². The first kappa shape index (κ1) is 18.2. The monoisotopic (exact) mass is 388 g/mol. The number of benzene rings is 3. The van der Waals surface area contributed by atoms with Crippen LogP contribution in [0.25, 0.3) is 10.8 Å². The molecule has 0 saturated heterocycles. The van der Waals surface area contributed by atoms with Crippen molar-refractivity contribution in [2.75, 3.05) is 7.05 Å². The Hall–Kier alpha value is -3.22. The summed E-state index contributed by atoms with van der Waals surface area (Å²) in [5.41, 5.74) is 2.07. The molecule has 1 heterocycles. The van der Waals surface area contributed by atoms with Crippen LogP contribution in [0.5, 0.6) is 0 Å². The van der Waals surface area contributed by atoms with Gasteiger partial charge in [0.1, 0.15) is 0 Å². The summed E-state index contributed by atoms with van der Waals surface area (Å²) in [6, 6.07) is 19.0. The molecule has 6 heteroatoms. The number of nitro benzene ring substituents is 1. The van der Waals surface area contributed by atoms with Gasteiger partial charge >= 0.3 is 0 Å². The average molecular weight is 388 g/mol. The third kappa shape index (κ3) is 3.60. The van der Waals surface area contributed by atoms with E-state index >= 15 is 0 Å². The van der Waals surface area contributed by atoms with Crippen molar-refractivity contribution >= 4 is 45.8 Å². The molecule has 138 valence electrons. The summed E-state index contributed by atoms with van der Waals surface area (Å²) in [6.07, 6.45) is 7.62. The zero-order chi connectivity index (χ0) is 19.5. The van der Waals surface area contributed by atoms with Gasteiger partial charge in [0.15, 0.2) is 10.7 Å². The first-order chi connectivity index (χ1) is 13.6. The van der Waals surface area contributed by atoms with Gasteiger partial charge in [-0.1, -0.05) is 30.3 Å². The van der Waals surface area contributed by atoms with Gasteiger partial charge in [0.25, 0.3) is 5.69 Å². The molecule has 0 spiro atoms. The van der Waals surface area contributed by atoms with Crippen molar-refractivity contribution < 1.29 is 9.82 Å². The number of nitro groups is 1. The minimum atomic E-state index is -0.418. The molecule has 0 amide bonds. The Labute approximate surface area is 166 Å². The Kier molecular flexibility index (Phi) is 5.06. The highest BCUT2D eigenvalue weighted by atomic mass is 32.2. The molecule has 0 fully saturated rings. The molecule has 1 atom stereocenters. The molecule has 28 heavy (non-hydrogen) atoms. The maximum Gasteiger partial charge on any atom is 0.269 e. The lowest BCUT2D eigenvalue weighted by Crippen LogP contribution is -3.00. The third-order valence-corrected chi connectivity index (χ3v) is 5.81. The average Bonchev–Trinajstić information content (AvgIpc) is 3.04. The van der Waals surface area contributed by atoms with Gasteiger partial charge in [-0.15, -0.1) is 0 Å². The molecule has 0 aromatic heterocycles. The number of allylic oxidation sites excluding steroid dienone is 3. The smallest absolute Gasteiger partial charge is 0.265 e. The number of non-ortho nitro benzene ring substituents is 1. The third-order valence-electron chi connectivity index (χ3n) is 4.58. The Bertz CT molecular complexity index is 1130. The number of aliphatic imine (C=N–C) groups is 1. The van der Waals surface area contributed by atoms with E-state index in [-0.39, 0.29) is 5.69 Å². The van der Waals surface area contributed by atoms with Crippen LogP contribution >= 0.6 is 11.8 Å². The van der Waals surface area contributed by atoms with E-state index in [1.165, 1.54) is 43.4 Å². The SMILES string of the molecule is C[NH+]1C(=CC=CC=Nc2ccc([N+](=O)[O-])cc2)Sc2ccc3ccccc3c21. The number of quaternary nitrogens is 1. The molecule has 0 radical (unpaired) electrons. The zero-order valence-electron chi connectivity index (χ0n) is 15.2. The summed E-state index contributed by atoms with van der Waals surface area (Å²) in [5, 5.41) is 14.4. The molecule has 0 saturated carbocycles. The van der Waals surface area contributed by atoms with E-state index in [9.17, 15) is 10.1 Å². The lowest BCUT2D eigenvalue weighted by Gasteiger charge is -2.09. The van der Waals surface area contributed by atoms with Gasteiger partial charge in [-0.05, 0) is 47.5 Å². The van der Waals surface area contributed by atoms with Crippen LogP contribution in [-0.4, -0.2) is 18.2 Å². The van der Waals surface area contributed by atoms with Gasteiger partial charge in [0.05, 0.1) is 22.6 Å². The van der Waals surface area contributed by atoms with Gasteiger partial charge in [0.2, 0.25) is 0 Å². The van der Waals surface area contributed by atoms with Gasteiger partial charge in [-0.25, -0.2) is 0 Å². The molecule has 1 aliphatic heterocycles. The van der Waals surface area contributed by atoms with Gasteiger partial charge in [-0.3, -0.25) is 20.0 Å². The standard InChI is InChI=1S/C22H17N3O2S/c1-24-21(28-20-14-9-16-6-2-3-7-19(16)22(20)24)8-4-5-15-23-17-10-12-18(13-11-17)25(26)27/h2-15H,1H3/p+1. The van der Waals surface area contributed by atoms with E-state index in [0.29, 0.717) is 5.69 Å².